The van der Waals surface area contributed by atoms with Gasteiger partial charge in [0.15, 0.2) is 0 Å². The van der Waals surface area contributed by atoms with E-state index in [1.807, 2.05) is 6.92 Å². The van der Waals surface area contributed by atoms with Crippen LogP contribution in [-0.2, 0) is 16.6 Å². The zero-order chi connectivity index (χ0) is 14.6. The number of hydrogen-bond acceptors (Lipinski definition) is 3. The van der Waals surface area contributed by atoms with Crippen LogP contribution in [0.1, 0.15) is 24.5 Å². The summed E-state index contributed by atoms with van der Waals surface area (Å²) in [6.45, 7) is 4.24. The summed E-state index contributed by atoms with van der Waals surface area (Å²) in [6.07, 6.45) is 0.716. The zero-order valence-corrected chi connectivity index (χ0v) is 12.6. The molecule has 0 aliphatic carbocycles. The molecule has 0 fully saturated rings. The number of nitrogens with zero attached hydrogens (tertiary/aromatic N) is 1. The highest BCUT2D eigenvalue weighted by atomic mass is 32.2. The first-order valence-corrected chi connectivity index (χ1v) is 7.68. The minimum Gasteiger partial charge on any atom is -0.316 e. The Morgan fingerprint density at radius 2 is 2.00 bits per heavy atom. The molecule has 0 radical (unpaired) electrons. The SMILES string of the molecule is CCCN(C)S(=O)(=O)c1cc(CNC)cc(F)c1C. The molecule has 1 rings (SSSR count). The normalized spacial score (nSPS) is 12.1. The monoisotopic (exact) mass is 288 g/mol. The second kappa shape index (κ2) is 6.45. The van der Waals surface area contributed by atoms with Crippen LogP contribution >= 0.6 is 0 Å². The van der Waals surface area contributed by atoms with Crippen molar-refractivity contribution in [3.63, 3.8) is 0 Å². The van der Waals surface area contributed by atoms with E-state index >= 15 is 0 Å². The van der Waals surface area contributed by atoms with Gasteiger partial charge in [-0.2, -0.15) is 0 Å². The molecule has 1 N–H and O–H groups in total. The van der Waals surface area contributed by atoms with Gasteiger partial charge in [-0.15, -0.1) is 0 Å². The Hall–Kier alpha value is -0.980. The summed E-state index contributed by atoms with van der Waals surface area (Å²) in [7, 11) is -0.383. The first kappa shape index (κ1) is 16.1. The van der Waals surface area contributed by atoms with Gasteiger partial charge in [0.25, 0.3) is 0 Å². The molecular formula is C13H21FN2O2S. The van der Waals surface area contributed by atoms with Crippen LogP contribution in [0.3, 0.4) is 0 Å². The lowest BCUT2D eigenvalue weighted by Crippen LogP contribution is -2.28. The Bertz CT molecular complexity index is 544. The predicted octanol–water partition coefficient (Wildman–Crippen LogP) is 1.88. The standard InChI is InChI=1S/C13H21FN2O2S/c1-5-6-16(4)19(17,18)13-8-11(9-15-3)7-12(14)10(13)2/h7-8,15H,5-6,9H2,1-4H3. The Kier molecular flexibility index (Phi) is 5.46. The molecule has 4 nitrogen and oxygen atoms in total. The molecule has 0 saturated heterocycles. The van der Waals surface area contributed by atoms with E-state index in [2.05, 4.69) is 5.32 Å². The summed E-state index contributed by atoms with van der Waals surface area (Å²) in [6, 6.07) is 2.90. The van der Waals surface area contributed by atoms with Crippen LogP contribution in [0, 0.1) is 12.7 Å². The Morgan fingerprint density at radius 1 is 1.37 bits per heavy atom. The van der Waals surface area contributed by atoms with Crippen LogP contribution in [0.2, 0.25) is 0 Å². The molecule has 0 aliphatic rings. The van der Waals surface area contributed by atoms with Crippen molar-refractivity contribution < 1.29 is 12.8 Å². The number of rotatable bonds is 6. The van der Waals surface area contributed by atoms with Crippen molar-refractivity contribution in [2.24, 2.45) is 0 Å². The molecule has 0 amide bonds. The third-order valence-electron chi connectivity index (χ3n) is 2.96. The maximum atomic E-state index is 13.8. The second-order valence-corrected chi connectivity index (χ2v) is 6.57. The second-order valence-electron chi connectivity index (χ2n) is 4.56. The number of hydrogen-bond donors (Lipinski definition) is 1. The average molecular weight is 288 g/mol. The summed E-state index contributed by atoms with van der Waals surface area (Å²) in [5.41, 5.74) is 0.789. The molecule has 0 saturated carbocycles. The van der Waals surface area contributed by atoms with Gasteiger partial charge < -0.3 is 5.32 Å². The van der Waals surface area contributed by atoms with Crippen LogP contribution in [0.15, 0.2) is 17.0 Å². The largest absolute Gasteiger partial charge is 0.316 e. The lowest BCUT2D eigenvalue weighted by Gasteiger charge is -2.18. The van der Waals surface area contributed by atoms with Gasteiger partial charge in [-0.3, -0.25) is 0 Å². The lowest BCUT2D eigenvalue weighted by atomic mass is 10.1. The summed E-state index contributed by atoms with van der Waals surface area (Å²) in [5.74, 6) is -0.490. The van der Waals surface area contributed by atoms with Crippen molar-refractivity contribution in [1.29, 1.82) is 0 Å². The van der Waals surface area contributed by atoms with Gasteiger partial charge in [0, 0.05) is 25.7 Å². The number of halogens is 1. The molecule has 108 valence electrons. The maximum absolute atomic E-state index is 13.8. The highest BCUT2D eigenvalue weighted by molar-refractivity contribution is 7.89. The number of sulfonamides is 1. The van der Waals surface area contributed by atoms with E-state index in [-0.39, 0.29) is 10.5 Å². The topological polar surface area (TPSA) is 49.4 Å². The number of nitrogens with one attached hydrogen (secondary N) is 1. The first-order valence-electron chi connectivity index (χ1n) is 6.24. The summed E-state index contributed by atoms with van der Waals surface area (Å²) in [4.78, 5) is 0.0497. The molecule has 0 aliphatic heterocycles. The van der Waals surface area contributed by atoms with Gasteiger partial charge in [-0.25, -0.2) is 17.1 Å². The van der Waals surface area contributed by atoms with E-state index in [1.165, 1.54) is 30.4 Å². The van der Waals surface area contributed by atoms with Crippen molar-refractivity contribution in [3.8, 4) is 0 Å². The van der Waals surface area contributed by atoms with E-state index in [0.29, 0.717) is 25.1 Å². The zero-order valence-electron chi connectivity index (χ0n) is 11.8. The van der Waals surface area contributed by atoms with Crippen LogP contribution < -0.4 is 5.32 Å². The van der Waals surface area contributed by atoms with Crippen LogP contribution in [0.25, 0.3) is 0 Å². The van der Waals surface area contributed by atoms with Crippen molar-refractivity contribution >= 4 is 10.0 Å². The fourth-order valence-electron chi connectivity index (χ4n) is 1.88. The van der Waals surface area contributed by atoms with E-state index in [1.54, 1.807) is 7.05 Å². The predicted molar refractivity (Wildman–Crippen MR) is 74.0 cm³/mol. The van der Waals surface area contributed by atoms with E-state index in [0.717, 1.165) is 0 Å². The first-order chi connectivity index (χ1) is 8.84. The van der Waals surface area contributed by atoms with E-state index < -0.39 is 15.8 Å². The Balaban J connectivity index is 3.32. The molecule has 0 aromatic heterocycles. The van der Waals surface area contributed by atoms with Gasteiger partial charge in [0.05, 0.1) is 4.90 Å². The molecule has 0 atom stereocenters. The van der Waals surface area contributed by atoms with Crippen molar-refractivity contribution in [2.45, 2.75) is 31.7 Å². The summed E-state index contributed by atoms with van der Waals surface area (Å²) >= 11 is 0. The molecular weight excluding hydrogens is 267 g/mol. The molecule has 0 unspecified atom stereocenters. The summed E-state index contributed by atoms with van der Waals surface area (Å²) < 4.78 is 39.9. The van der Waals surface area contributed by atoms with Crippen molar-refractivity contribution in [1.82, 2.24) is 9.62 Å². The smallest absolute Gasteiger partial charge is 0.243 e. The molecule has 1 aromatic carbocycles. The van der Waals surface area contributed by atoms with Gasteiger partial charge in [-0.1, -0.05) is 6.92 Å². The Labute approximate surface area is 114 Å². The average Bonchev–Trinajstić information content (AvgIpc) is 2.34. The fraction of sp³-hybridized carbons (Fsp3) is 0.538. The minimum atomic E-state index is -3.63. The van der Waals surface area contributed by atoms with Gasteiger partial charge in [0.2, 0.25) is 10.0 Å². The van der Waals surface area contributed by atoms with Crippen LogP contribution in [-0.4, -0.2) is 33.4 Å². The van der Waals surface area contributed by atoms with E-state index in [4.69, 9.17) is 0 Å². The molecule has 19 heavy (non-hydrogen) atoms. The third kappa shape index (κ3) is 3.52. The summed E-state index contributed by atoms with van der Waals surface area (Å²) in [5, 5.41) is 2.89. The lowest BCUT2D eigenvalue weighted by molar-refractivity contribution is 0.466. The quantitative estimate of drug-likeness (QED) is 0.869. The highest BCUT2D eigenvalue weighted by Gasteiger charge is 2.24. The number of benzene rings is 1. The highest BCUT2D eigenvalue weighted by Crippen LogP contribution is 2.23. The third-order valence-corrected chi connectivity index (χ3v) is 4.95. The molecule has 1 aromatic rings. The van der Waals surface area contributed by atoms with Gasteiger partial charge in [0.1, 0.15) is 5.82 Å². The van der Waals surface area contributed by atoms with Crippen LogP contribution in [0.5, 0.6) is 0 Å². The molecule has 6 heteroatoms. The van der Waals surface area contributed by atoms with Crippen molar-refractivity contribution in [2.75, 3.05) is 20.6 Å². The van der Waals surface area contributed by atoms with Gasteiger partial charge >= 0.3 is 0 Å². The molecule has 0 bridgehead atoms. The van der Waals surface area contributed by atoms with E-state index in [9.17, 15) is 12.8 Å². The molecule has 0 heterocycles. The fourth-order valence-corrected chi connectivity index (χ4v) is 3.43. The Morgan fingerprint density at radius 3 is 2.53 bits per heavy atom. The van der Waals surface area contributed by atoms with Crippen molar-refractivity contribution in [3.05, 3.63) is 29.1 Å². The van der Waals surface area contributed by atoms with Crippen LogP contribution in [0.4, 0.5) is 4.39 Å². The maximum Gasteiger partial charge on any atom is 0.243 e. The molecule has 0 spiro atoms. The minimum absolute atomic E-state index is 0.0497. The van der Waals surface area contributed by atoms with Gasteiger partial charge in [-0.05, 0) is 38.1 Å².